The Morgan fingerprint density at radius 1 is 1.11 bits per heavy atom. The summed E-state index contributed by atoms with van der Waals surface area (Å²) in [5.74, 6) is -1.03. The van der Waals surface area contributed by atoms with Crippen LogP contribution in [-0.4, -0.2) is 24.4 Å². The van der Waals surface area contributed by atoms with Gasteiger partial charge in [-0.3, -0.25) is 9.59 Å². The average Bonchev–Trinajstić information content (AvgIpc) is 2.89. The minimum absolute atomic E-state index is 0.0440. The summed E-state index contributed by atoms with van der Waals surface area (Å²) in [6.07, 6.45) is -3.99. The summed E-state index contributed by atoms with van der Waals surface area (Å²) < 4.78 is 39.1. The summed E-state index contributed by atoms with van der Waals surface area (Å²) in [6, 6.07) is 12.1. The van der Waals surface area contributed by atoms with E-state index in [0.29, 0.717) is 6.54 Å². The zero-order chi connectivity index (χ0) is 19.6. The number of benzene rings is 2. The van der Waals surface area contributed by atoms with E-state index in [2.05, 4.69) is 0 Å². The molecule has 142 valence electrons. The van der Waals surface area contributed by atoms with Gasteiger partial charge in [0.2, 0.25) is 5.91 Å². The molecule has 1 heterocycles. The van der Waals surface area contributed by atoms with Gasteiger partial charge >= 0.3 is 6.18 Å². The van der Waals surface area contributed by atoms with Gasteiger partial charge in [0.05, 0.1) is 29.2 Å². The molecule has 0 radical (unpaired) electrons. The molecular formula is C19H17ClF3N2O2+. The Balaban J connectivity index is 1.71. The maximum Gasteiger partial charge on any atom is 0.417 e. The number of rotatable bonds is 5. The monoisotopic (exact) mass is 397 g/mol. The molecule has 8 heteroatoms. The van der Waals surface area contributed by atoms with Gasteiger partial charge in [-0.25, -0.2) is 4.90 Å². The van der Waals surface area contributed by atoms with Crippen LogP contribution in [0.4, 0.5) is 18.9 Å². The number of quaternary nitrogens is 1. The molecule has 1 atom stereocenters. The Labute approximate surface area is 158 Å². The van der Waals surface area contributed by atoms with Crippen molar-refractivity contribution in [2.75, 3.05) is 11.4 Å². The predicted molar refractivity (Wildman–Crippen MR) is 94.3 cm³/mol. The van der Waals surface area contributed by atoms with Crippen LogP contribution in [0.3, 0.4) is 0 Å². The second-order valence-corrected chi connectivity index (χ2v) is 6.71. The van der Waals surface area contributed by atoms with Crippen molar-refractivity contribution in [3.05, 3.63) is 64.7 Å². The predicted octanol–water partition coefficient (Wildman–Crippen LogP) is 2.80. The summed E-state index contributed by atoms with van der Waals surface area (Å²) in [5, 5.41) is 1.28. The van der Waals surface area contributed by atoms with Crippen molar-refractivity contribution in [3.63, 3.8) is 0 Å². The van der Waals surface area contributed by atoms with E-state index >= 15 is 0 Å². The number of anilines is 1. The molecule has 1 fully saturated rings. The van der Waals surface area contributed by atoms with Gasteiger partial charge < -0.3 is 5.32 Å². The third-order valence-electron chi connectivity index (χ3n) is 4.42. The Kier molecular flexibility index (Phi) is 5.53. The van der Waals surface area contributed by atoms with Crippen molar-refractivity contribution in [2.24, 2.45) is 0 Å². The fourth-order valence-electron chi connectivity index (χ4n) is 3.08. The van der Waals surface area contributed by atoms with Gasteiger partial charge in [-0.2, -0.15) is 13.2 Å². The first kappa shape index (κ1) is 19.4. The highest BCUT2D eigenvalue weighted by atomic mass is 35.5. The third-order valence-corrected chi connectivity index (χ3v) is 4.75. The molecule has 2 N–H and O–H groups in total. The topological polar surface area (TPSA) is 54.0 Å². The number of hydrogen-bond donors (Lipinski definition) is 1. The molecule has 0 saturated carbocycles. The van der Waals surface area contributed by atoms with Crippen LogP contribution in [0.5, 0.6) is 0 Å². The van der Waals surface area contributed by atoms with Gasteiger partial charge in [-0.15, -0.1) is 0 Å². The van der Waals surface area contributed by atoms with E-state index in [1.165, 1.54) is 6.07 Å². The number of nitrogens with zero attached hydrogens (tertiary/aromatic N) is 1. The SMILES string of the molecule is O=C1C[C@@H]([NH2+]CCc2ccccc2)C(=O)N1c1ccc(Cl)c(C(F)(F)F)c1. The van der Waals surface area contributed by atoms with Gasteiger partial charge in [0.15, 0.2) is 6.04 Å². The number of amides is 2. The maximum atomic E-state index is 13.0. The molecule has 0 aromatic heterocycles. The van der Waals surface area contributed by atoms with E-state index in [4.69, 9.17) is 11.6 Å². The van der Waals surface area contributed by atoms with Crippen LogP contribution in [0, 0.1) is 0 Å². The zero-order valence-electron chi connectivity index (χ0n) is 14.2. The smallest absolute Gasteiger partial charge is 0.335 e. The van der Waals surface area contributed by atoms with Crippen molar-refractivity contribution in [3.8, 4) is 0 Å². The van der Waals surface area contributed by atoms with Gasteiger partial charge in [0.25, 0.3) is 5.91 Å². The number of carbonyl (C=O) groups excluding carboxylic acids is 2. The number of imide groups is 1. The van der Waals surface area contributed by atoms with E-state index in [0.717, 1.165) is 29.0 Å². The van der Waals surface area contributed by atoms with E-state index in [-0.39, 0.29) is 12.1 Å². The summed E-state index contributed by atoms with van der Waals surface area (Å²) in [7, 11) is 0. The second kappa shape index (κ2) is 7.70. The molecule has 0 bridgehead atoms. The quantitative estimate of drug-likeness (QED) is 0.789. The molecular weight excluding hydrogens is 381 g/mol. The molecule has 0 aliphatic carbocycles. The van der Waals surface area contributed by atoms with Crippen molar-refractivity contribution in [1.29, 1.82) is 0 Å². The van der Waals surface area contributed by atoms with Crippen molar-refractivity contribution < 1.29 is 28.1 Å². The minimum Gasteiger partial charge on any atom is -0.335 e. The molecule has 1 aliphatic heterocycles. The highest BCUT2D eigenvalue weighted by Gasteiger charge is 2.43. The van der Waals surface area contributed by atoms with E-state index in [9.17, 15) is 22.8 Å². The van der Waals surface area contributed by atoms with Crippen molar-refractivity contribution >= 4 is 29.1 Å². The second-order valence-electron chi connectivity index (χ2n) is 6.30. The lowest BCUT2D eigenvalue weighted by Gasteiger charge is -2.17. The molecule has 2 amide bonds. The molecule has 1 aliphatic rings. The Morgan fingerprint density at radius 2 is 1.81 bits per heavy atom. The minimum atomic E-state index is -4.67. The summed E-state index contributed by atoms with van der Waals surface area (Å²) in [4.78, 5) is 25.6. The number of halogens is 4. The first-order valence-electron chi connectivity index (χ1n) is 8.38. The summed E-state index contributed by atoms with van der Waals surface area (Å²) >= 11 is 5.60. The van der Waals surface area contributed by atoms with Crippen LogP contribution < -0.4 is 10.2 Å². The Bertz CT molecular complexity index is 856. The third kappa shape index (κ3) is 4.31. The van der Waals surface area contributed by atoms with Crippen LogP contribution in [0.1, 0.15) is 17.5 Å². The molecule has 2 aromatic rings. The highest BCUT2D eigenvalue weighted by Crippen LogP contribution is 2.37. The first-order chi connectivity index (χ1) is 12.8. The van der Waals surface area contributed by atoms with Crippen molar-refractivity contribution in [1.82, 2.24) is 0 Å². The lowest BCUT2D eigenvalue weighted by molar-refractivity contribution is -0.674. The fraction of sp³-hybridized carbons (Fsp3) is 0.263. The van der Waals surface area contributed by atoms with E-state index in [1.54, 1.807) is 5.32 Å². The number of alkyl halides is 3. The van der Waals surface area contributed by atoms with E-state index < -0.39 is 34.6 Å². The average molecular weight is 398 g/mol. The fourth-order valence-corrected chi connectivity index (χ4v) is 3.30. The maximum absolute atomic E-state index is 13.0. The molecule has 0 unspecified atom stereocenters. The van der Waals surface area contributed by atoms with Gasteiger partial charge in [0, 0.05) is 6.42 Å². The normalized spacial score (nSPS) is 17.6. The summed E-state index contributed by atoms with van der Waals surface area (Å²) in [6.45, 7) is 0.593. The molecule has 1 saturated heterocycles. The van der Waals surface area contributed by atoms with E-state index in [1.807, 2.05) is 30.3 Å². The molecule has 27 heavy (non-hydrogen) atoms. The van der Waals surface area contributed by atoms with Crippen LogP contribution in [0.15, 0.2) is 48.5 Å². The zero-order valence-corrected chi connectivity index (χ0v) is 14.9. The largest absolute Gasteiger partial charge is 0.417 e. The molecule has 0 spiro atoms. The Morgan fingerprint density at radius 3 is 2.48 bits per heavy atom. The van der Waals surface area contributed by atoms with Crippen LogP contribution in [0.2, 0.25) is 5.02 Å². The van der Waals surface area contributed by atoms with Crippen LogP contribution in [-0.2, 0) is 22.2 Å². The lowest BCUT2D eigenvalue weighted by Crippen LogP contribution is -2.92. The molecule has 2 aromatic carbocycles. The summed E-state index contributed by atoms with van der Waals surface area (Å²) in [5.41, 5.74) is -0.0747. The molecule has 4 nitrogen and oxygen atoms in total. The number of carbonyl (C=O) groups is 2. The number of nitrogens with two attached hydrogens (primary N) is 1. The first-order valence-corrected chi connectivity index (χ1v) is 8.76. The lowest BCUT2D eigenvalue weighted by atomic mass is 10.1. The highest BCUT2D eigenvalue weighted by molar-refractivity contribution is 6.31. The number of hydrogen-bond acceptors (Lipinski definition) is 2. The molecule has 3 rings (SSSR count). The van der Waals surface area contributed by atoms with Gasteiger partial charge in [0.1, 0.15) is 0 Å². The van der Waals surface area contributed by atoms with Crippen molar-refractivity contribution in [2.45, 2.75) is 25.1 Å². The van der Waals surface area contributed by atoms with Crippen LogP contribution >= 0.6 is 11.6 Å². The van der Waals surface area contributed by atoms with Gasteiger partial charge in [-0.1, -0.05) is 41.9 Å². The standard InChI is InChI=1S/C19H16ClF3N2O2/c20-15-7-6-13(10-14(15)19(21,22)23)25-17(26)11-16(18(25)27)24-9-8-12-4-2-1-3-5-12/h1-7,10,16,24H,8-9,11H2/p+1/t16-/m1/s1. The van der Waals surface area contributed by atoms with Gasteiger partial charge in [-0.05, 0) is 23.8 Å². The Hall–Kier alpha value is -2.38. The van der Waals surface area contributed by atoms with Crippen LogP contribution in [0.25, 0.3) is 0 Å².